The van der Waals surface area contributed by atoms with Gasteiger partial charge in [0, 0.05) is 22.2 Å². The lowest BCUT2D eigenvalue weighted by Crippen LogP contribution is -2.26. The van der Waals surface area contributed by atoms with E-state index in [4.69, 9.17) is 18.0 Å². The summed E-state index contributed by atoms with van der Waals surface area (Å²) >= 11 is 7.10. The first kappa shape index (κ1) is 14.2. The van der Waals surface area contributed by atoms with Crippen molar-refractivity contribution in [2.75, 3.05) is 11.1 Å². The van der Waals surface area contributed by atoms with Crippen LogP contribution in [0, 0.1) is 11.8 Å². The van der Waals surface area contributed by atoms with Gasteiger partial charge in [-0.15, -0.1) is 11.8 Å². The number of rotatable bonds is 7. The molecule has 3 rings (SSSR count). The summed E-state index contributed by atoms with van der Waals surface area (Å²) < 4.78 is 0. The number of anilines is 1. The largest absolute Gasteiger partial charge is 0.389 e. The van der Waals surface area contributed by atoms with E-state index in [-0.39, 0.29) is 0 Å². The maximum atomic E-state index is 5.98. The van der Waals surface area contributed by atoms with Crippen molar-refractivity contribution in [1.29, 1.82) is 0 Å². The molecule has 0 radical (unpaired) electrons. The molecule has 2 aliphatic rings. The number of hydrogen-bond acceptors (Lipinski definition) is 3. The molecule has 0 amide bonds. The third-order valence-electron chi connectivity index (χ3n) is 4.15. The first-order chi connectivity index (χ1) is 9.70. The zero-order valence-electron chi connectivity index (χ0n) is 11.9. The Morgan fingerprint density at radius 2 is 2.00 bits per heavy atom. The predicted octanol–water partition coefficient (Wildman–Crippen LogP) is 4.03. The van der Waals surface area contributed by atoms with E-state index in [0.29, 0.717) is 11.0 Å². The van der Waals surface area contributed by atoms with Gasteiger partial charge in [0.25, 0.3) is 0 Å². The highest BCUT2D eigenvalue weighted by Gasteiger charge is 2.41. The van der Waals surface area contributed by atoms with Crippen molar-refractivity contribution in [3.63, 3.8) is 0 Å². The summed E-state index contributed by atoms with van der Waals surface area (Å²) in [7, 11) is 0. The molecule has 2 aliphatic carbocycles. The first-order valence-electron chi connectivity index (χ1n) is 7.53. The van der Waals surface area contributed by atoms with Crippen molar-refractivity contribution in [2.45, 2.75) is 43.5 Å². The van der Waals surface area contributed by atoms with Crippen LogP contribution >= 0.6 is 24.0 Å². The minimum Gasteiger partial charge on any atom is -0.389 e. The predicted molar refractivity (Wildman–Crippen MR) is 91.6 cm³/mol. The number of nitrogens with two attached hydrogens (primary N) is 1. The van der Waals surface area contributed by atoms with Gasteiger partial charge >= 0.3 is 0 Å². The second kappa shape index (κ2) is 5.94. The third-order valence-corrected chi connectivity index (χ3v) is 5.30. The Labute approximate surface area is 130 Å². The molecule has 2 nitrogen and oxygen atoms in total. The lowest BCUT2D eigenvalue weighted by atomic mass is 10.1. The fraction of sp³-hybridized carbons (Fsp3) is 0.562. The Hall–Kier alpha value is -0.740. The van der Waals surface area contributed by atoms with Gasteiger partial charge in [0.1, 0.15) is 4.99 Å². The Bertz CT molecular complexity index is 495. The summed E-state index contributed by atoms with van der Waals surface area (Å²) in [5, 5.41) is 3.77. The SMILES string of the molecule is CCSc1cccc(NC(C2CC2)C2CC2)c1C(N)=S. The van der Waals surface area contributed by atoms with Crippen molar-refractivity contribution < 1.29 is 0 Å². The normalized spacial score (nSPS) is 18.3. The minimum atomic E-state index is 0.509. The van der Waals surface area contributed by atoms with E-state index in [9.17, 15) is 0 Å². The highest BCUT2D eigenvalue weighted by molar-refractivity contribution is 7.99. The molecule has 1 aromatic rings. The quantitative estimate of drug-likeness (QED) is 0.589. The molecule has 0 saturated heterocycles. The molecule has 108 valence electrons. The third kappa shape index (κ3) is 3.12. The van der Waals surface area contributed by atoms with Crippen LogP contribution in [0.15, 0.2) is 23.1 Å². The van der Waals surface area contributed by atoms with Crippen molar-refractivity contribution in [2.24, 2.45) is 17.6 Å². The molecule has 1 aromatic carbocycles. The van der Waals surface area contributed by atoms with Gasteiger partial charge in [0.15, 0.2) is 0 Å². The molecule has 0 unspecified atom stereocenters. The van der Waals surface area contributed by atoms with Gasteiger partial charge in [-0.2, -0.15) is 0 Å². The summed E-state index contributed by atoms with van der Waals surface area (Å²) in [6.45, 7) is 2.16. The smallest absolute Gasteiger partial charge is 0.107 e. The molecule has 4 heteroatoms. The van der Waals surface area contributed by atoms with Crippen LogP contribution < -0.4 is 11.1 Å². The van der Waals surface area contributed by atoms with E-state index in [1.54, 1.807) is 0 Å². The molecule has 20 heavy (non-hydrogen) atoms. The van der Waals surface area contributed by atoms with Crippen LogP contribution in [-0.2, 0) is 0 Å². The lowest BCUT2D eigenvalue weighted by Gasteiger charge is -2.22. The van der Waals surface area contributed by atoms with Crippen LogP contribution in [0.1, 0.15) is 38.2 Å². The zero-order valence-corrected chi connectivity index (χ0v) is 13.5. The molecule has 0 spiro atoms. The highest BCUT2D eigenvalue weighted by Crippen LogP contribution is 2.46. The van der Waals surface area contributed by atoms with Crippen LogP contribution in [0.2, 0.25) is 0 Å². The van der Waals surface area contributed by atoms with Gasteiger partial charge in [0.2, 0.25) is 0 Å². The summed E-state index contributed by atoms with van der Waals surface area (Å²) in [6, 6.07) is 6.99. The van der Waals surface area contributed by atoms with Gasteiger partial charge in [0.05, 0.1) is 0 Å². The Balaban J connectivity index is 1.87. The number of thioether (sulfide) groups is 1. The van der Waals surface area contributed by atoms with Crippen LogP contribution in [0.25, 0.3) is 0 Å². The average Bonchev–Trinajstić information content (AvgIpc) is 3.28. The van der Waals surface area contributed by atoms with Crippen molar-refractivity contribution in [3.05, 3.63) is 23.8 Å². The maximum absolute atomic E-state index is 5.98. The second-order valence-electron chi connectivity index (χ2n) is 5.82. The van der Waals surface area contributed by atoms with E-state index in [1.807, 2.05) is 11.8 Å². The molecule has 0 bridgehead atoms. The maximum Gasteiger partial charge on any atom is 0.107 e. The molecular weight excluding hydrogens is 284 g/mol. The number of thiocarbonyl (C=S) groups is 1. The Morgan fingerprint density at radius 1 is 1.35 bits per heavy atom. The topological polar surface area (TPSA) is 38.0 Å². The second-order valence-corrected chi connectivity index (χ2v) is 7.57. The van der Waals surface area contributed by atoms with Crippen LogP contribution in [0.3, 0.4) is 0 Å². The zero-order chi connectivity index (χ0) is 14.1. The number of benzene rings is 1. The average molecular weight is 306 g/mol. The summed E-state index contributed by atoms with van der Waals surface area (Å²) in [4.78, 5) is 1.71. The number of nitrogens with one attached hydrogen (secondary N) is 1. The van der Waals surface area contributed by atoms with E-state index in [1.165, 1.54) is 30.6 Å². The van der Waals surface area contributed by atoms with Gasteiger partial charge in [-0.1, -0.05) is 25.2 Å². The standard InChI is InChI=1S/C16H22N2S2/c1-2-20-13-5-3-4-12(14(13)16(17)19)18-15(10-6-7-10)11-8-9-11/h3-5,10-11,15,18H,2,6-9H2,1H3,(H2,17,19). The van der Waals surface area contributed by atoms with E-state index in [2.05, 4.69) is 30.4 Å². The number of hydrogen-bond donors (Lipinski definition) is 2. The molecule has 2 fully saturated rings. The first-order valence-corrected chi connectivity index (χ1v) is 8.92. The molecule has 0 heterocycles. The lowest BCUT2D eigenvalue weighted by molar-refractivity contribution is 0.567. The van der Waals surface area contributed by atoms with Gasteiger partial charge in [-0.05, 0) is 55.4 Å². The molecule has 0 aromatic heterocycles. The summed E-state index contributed by atoms with van der Waals surface area (Å²) in [5.41, 5.74) is 8.16. The van der Waals surface area contributed by atoms with Gasteiger partial charge in [-0.25, -0.2) is 0 Å². The molecule has 0 atom stereocenters. The van der Waals surface area contributed by atoms with Crippen molar-refractivity contribution in [1.82, 2.24) is 0 Å². The fourth-order valence-electron chi connectivity index (χ4n) is 2.89. The summed E-state index contributed by atoms with van der Waals surface area (Å²) in [5.74, 6) is 2.77. The van der Waals surface area contributed by atoms with E-state index in [0.717, 1.165) is 28.8 Å². The van der Waals surface area contributed by atoms with Crippen molar-refractivity contribution >= 4 is 34.7 Å². The minimum absolute atomic E-state index is 0.509. The van der Waals surface area contributed by atoms with Crippen molar-refractivity contribution in [3.8, 4) is 0 Å². The Morgan fingerprint density at radius 3 is 2.50 bits per heavy atom. The summed E-state index contributed by atoms with van der Waals surface area (Å²) in [6.07, 6.45) is 5.50. The molecule has 2 saturated carbocycles. The monoisotopic (exact) mass is 306 g/mol. The fourth-order valence-corrected chi connectivity index (χ4v) is 4.03. The molecule has 0 aliphatic heterocycles. The molecule has 3 N–H and O–H groups in total. The van der Waals surface area contributed by atoms with E-state index >= 15 is 0 Å². The molecular formula is C16H22N2S2. The van der Waals surface area contributed by atoms with Crippen LogP contribution in [-0.4, -0.2) is 16.8 Å². The van der Waals surface area contributed by atoms with Crippen LogP contribution in [0.5, 0.6) is 0 Å². The highest BCUT2D eigenvalue weighted by atomic mass is 32.2. The van der Waals surface area contributed by atoms with Gasteiger partial charge < -0.3 is 11.1 Å². The Kier molecular flexibility index (Phi) is 4.22. The van der Waals surface area contributed by atoms with Gasteiger partial charge in [-0.3, -0.25) is 0 Å². The van der Waals surface area contributed by atoms with E-state index < -0.39 is 0 Å². The van der Waals surface area contributed by atoms with Crippen LogP contribution in [0.4, 0.5) is 5.69 Å².